The molecule has 0 aliphatic carbocycles. The SMILES string of the molecule is CN1C(=O)C2(C(=O)[N-]C2=O)C1=O.CNC(=O)C(C([NH-])=O)(C(=O)O)C(=O)O.NCN.O=C1OC(=O)C12C(=O)OC2=O.[CH3-].[CH3-].[NH2-].[NH2-].[OH-].[V+2].[W+2].[W+2]. The molecule has 0 aromatic heterocycles. The maximum atomic E-state index is 11.0. The van der Waals surface area contributed by atoms with Gasteiger partial charge in [-0.15, -0.1) is 0 Å². The zero-order chi connectivity index (χ0) is 31.5. The van der Waals surface area contributed by atoms with Gasteiger partial charge in [-0.3, -0.25) is 19.3 Å². The molecule has 28 heteroatoms. The minimum atomic E-state index is -3.38. The Hall–Kier alpha value is -3.80. The molecule has 4 aliphatic rings. The van der Waals surface area contributed by atoms with Crippen molar-refractivity contribution >= 4 is 71.3 Å². The van der Waals surface area contributed by atoms with Crippen molar-refractivity contribution in [2.24, 2.45) is 27.7 Å². The number of rotatable bonds is 4. The van der Waals surface area contributed by atoms with E-state index < -0.39 is 87.5 Å². The van der Waals surface area contributed by atoms with Gasteiger partial charge in [0.05, 0.1) is 17.7 Å². The monoisotopic (exact) mass is 1070 g/mol. The summed E-state index contributed by atoms with van der Waals surface area (Å²) in [7, 11) is 2.18. The molecule has 0 saturated carbocycles. The summed E-state index contributed by atoms with van der Waals surface area (Å²) in [6, 6.07) is 0. The molecule has 267 valence electrons. The van der Waals surface area contributed by atoms with E-state index in [0.29, 0.717) is 0 Å². The molecule has 2 spiro atoms. The van der Waals surface area contributed by atoms with Gasteiger partial charge in [0.1, 0.15) is 0 Å². The number of cyclic esters (lactones) is 4. The Balaban J connectivity index is -0.0000000741. The van der Waals surface area contributed by atoms with Gasteiger partial charge < -0.3 is 94.5 Å². The molecule has 4 rings (SSSR count). The van der Waals surface area contributed by atoms with E-state index in [1.54, 1.807) is 5.32 Å². The molecule has 48 heavy (non-hydrogen) atoms. The fraction of sp³-hybridized carbons (Fsp3) is 0.300. The number of ether oxygens (including phenoxy) is 2. The van der Waals surface area contributed by atoms with Gasteiger partial charge in [-0.25, -0.2) is 28.8 Å². The second-order valence-corrected chi connectivity index (χ2v) is 7.25. The molecule has 4 heterocycles. The minimum absolute atomic E-state index is 0. The summed E-state index contributed by atoms with van der Waals surface area (Å²) < 4.78 is 7.68. The predicted octanol–water partition coefficient (Wildman–Crippen LogP) is -3.97. The van der Waals surface area contributed by atoms with Crippen LogP contribution in [-0.2, 0) is 128 Å². The first-order valence-electron chi connectivity index (χ1n) is 9.87. The summed E-state index contributed by atoms with van der Waals surface area (Å²) in [5.41, 5.74) is 8.12. The Morgan fingerprint density at radius 1 is 0.812 bits per heavy atom. The number of hydrogen-bond donors (Lipinski definition) is 5. The maximum Gasteiger partial charge on any atom is 2.00 e. The van der Waals surface area contributed by atoms with Gasteiger partial charge in [-0.2, -0.15) is 0 Å². The van der Waals surface area contributed by atoms with Crippen LogP contribution in [0.3, 0.4) is 0 Å². The number of nitrogens with zero attached hydrogens (tertiary/aromatic N) is 2. The quantitative estimate of drug-likeness (QED) is 0.0589. The molecule has 0 bridgehead atoms. The number of imide groups is 2. The van der Waals surface area contributed by atoms with Crippen molar-refractivity contribution in [1.82, 2.24) is 10.2 Å². The van der Waals surface area contributed by atoms with Gasteiger partial charge in [-0.1, -0.05) is 0 Å². The maximum absolute atomic E-state index is 11.0. The van der Waals surface area contributed by atoms with Gasteiger partial charge >= 0.3 is 102 Å². The molecule has 1 radical (unpaired) electrons. The van der Waals surface area contributed by atoms with Gasteiger partial charge in [0.2, 0.25) is 5.41 Å². The number of carbonyl (C=O) groups is 12. The van der Waals surface area contributed by atoms with E-state index in [2.05, 4.69) is 26.3 Å². The summed E-state index contributed by atoms with van der Waals surface area (Å²) in [5.74, 6) is -15.9. The Labute approximate surface area is 310 Å². The van der Waals surface area contributed by atoms with Crippen LogP contribution in [0, 0.1) is 31.1 Å². The standard InChI is InChI=1S/C6H8N2O6.C6H4N2O4.C5O6.CH6N2.2CH3.2H2N.H2O.V.2W/c1-8-3(10)6(2(7)9,4(11)12)5(13)14;1-8-4(11)6(5(8)12)2(9)7-3(6)10;6-1-5(2(7)10-1)3(8)11-4(5)9;2-1-3;;;;;;;;/h1H3,(H5,7,8,9,10,11,12,13,14);1H3,(H,7,9,10);;1-3H2;2*1H3;3*1H2;;;/q;;;;4*-1;;3*+2/p-3. The number of β-lactam (4-membered cyclic amide) rings is 4. The van der Waals surface area contributed by atoms with Crippen LogP contribution in [0.4, 0.5) is 0 Å². The Morgan fingerprint density at radius 3 is 1.19 bits per heavy atom. The third kappa shape index (κ3) is 8.80. The van der Waals surface area contributed by atoms with Crippen molar-refractivity contribution in [1.29, 1.82) is 0 Å². The molecule has 0 atom stereocenters. The first kappa shape index (κ1) is 62.9. The third-order valence-corrected chi connectivity index (χ3v) is 5.24. The topological polar surface area (TPSA) is 466 Å². The summed E-state index contributed by atoms with van der Waals surface area (Å²) in [4.78, 5) is 129. The van der Waals surface area contributed by atoms with Crippen LogP contribution in [-0.4, -0.2) is 113 Å². The smallest absolute Gasteiger partial charge is 0.870 e. The Bertz CT molecular complexity index is 1200. The Kier molecular flexibility index (Phi) is 29.8. The third-order valence-electron chi connectivity index (χ3n) is 5.24. The van der Waals surface area contributed by atoms with Crippen molar-refractivity contribution in [2.45, 2.75) is 0 Å². The molecule has 13 N–H and O–H groups in total. The number of likely N-dealkylation sites (tertiary alicyclic amines) is 1. The van der Waals surface area contributed by atoms with E-state index in [0.717, 1.165) is 11.9 Å². The first-order valence-corrected chi connectivity index (χ1v) is 9.87. The molecule has 0 aromatic carbocycles. The molecule has 25 nitrogen and oxygen atoms in total. The number of hydrogen-bond acceptors (Lipinski definition) is 17. The van der Waals surface area contributed by atoms with E-state index in [9.17, 15) is 57.5 Å². The van der Waals surface area contributed by atoms with E-state index in [1.807, 2.05) is 0 Å². The van der Waals surface area contributed by atoms with Gasteiger partial charge in [0.15, 0.2) is 0 Å². The van der Waals surface area contributed by atoms with E-state index in [-0.39, 0.29) is 100.0 Å². The van der Waals surface area contributed by atoms with Gasteiger partial charge in [0.25, 0.3) is 23.1 Å². The second kappa shape index (κ2) is 22.7. The van der Waals surface area contributed by atoms with E-state index in [1.165, 1.54) is 7.05 Å². The van der Waals surface area contributed by atoms with E-state index >= 15 is 0 Å². The van der Waals surface area contributed by atoms with Gasteiger partial charge in [-0.05, 0) is 0 Å². The average Bonchev–Trinajstić information content (AvgIpc) is 2.84. The van der Waals surface area contributed by atoms with Crippen LogP contribution < -0.4 is 16.8 Å². The van der Waals surface area contributed by atoms with Crippen molar-refractivity contribution in [3.8, 4) is 0 Å². The molecule has 4 fully saturated rings. The number of carboxylic acid groups (broad SMARTS) is 2. The van der Waals surface area contributed by atoms with Gasteiger partial charge in [0, 0.05) is 20.8 Å². The molecule has 6 amide bonds. The fourth-order valence-electron chi connectivity index (χ4n) is 2.95. The summed E-state index contributed by atoms with van der Waals surface area (Å²) in [6.07, 6.45) is 0. The summed E-state index contributed by atoms with van der Waals surface area (Å²) >= 11 is 0. The van der Waals surface area contributed by atoms with Crippen LogP contribution >= 0.6 is 0 Å². The van der Waals surface area contributed by atoms with Crippen LogP contribution in [0.15, 0.2) is 0 Å². The van der Waals surface area contributed by atoms with Crippen molar-refractivity contribution in [3.63, 3.8) is 0 Å². The molecule has 4 aliphatic heterocycles. The minimum Gasteiger partial charge on any atom is -0.870 e. The zero-order valence-electron chi connectivity index (χ0n) is 24.7. The average molecular weight is 1070 g/mol. The molecule has 0 unspecified atom stereocenters. The Morgan fingerprint density at radius 2 is 1.08 bits per heavy atom. The molecular weight excluding hydrogens is 1040 g/mol. The summed E-state index contributed by atoms with van der Waals surface area (Å²) in [5, 5.41) is 21.6. The second-order valence-electron chi connectivity index (χ2n) is 7.25. The van der Waals surface area contributed by atoms with Crippen molar-refractivity contribution in [3.05, 3.63) is 38.2 Å². The number of amides is 6. The van der Waals surface area contributed by atoms with Crippen molar-refractivity contribution in [2.75, 3.05) is 20.8 Å². The number of esters is 4. The van der Waals surface area contributed by atoms with Crippen LogP contribution in [0.2, 0.25) is 0 Å². The fourth-order valence-corrected chi connectivity index (χ4v) is 2.95. The zero-order valence-corrected chi connectivity index (χ0v) is 32.0. The largest absolute Gasteiger partial charge is 2.00 e. The molecular formula is C20H27N8O17VW2-. The first-order chi connectivity index (χ1) is 18.3. The molecule has 4 saturated heterocycles. The van der Waals surface area contributed by atoms with Crippen LogP contribution in [0.25, 0.3) is 23.4 Å². The summed E-state index contributed by atoms with van der Waals surface area (Å²) in [6.45, 7) is 0.250. The van der Waals surface area contributed by atoms with E-state index in [4.69, 9.17) is 15.9 Å². The number of nitrogens with two attached hydrogens (primary N) is 4. The number of carboxylic acids is 2. The van der Waals surface area contributed by atoms with Crippen LogP contribution in [0.5, 0.6) is 0 Å². The normalized spacial score (nSPS) is 15.5. The van der Waals surface area contributed by atoms with Crippen LogP contribution in [0.1, 0.15) is 0 Å². The molecule has 0 aromatic rings. The van der Waals surface area contributed by atoms with Crippen molar-refractivity contribution < 1.29 is 143 Å². The predicted molar refractivity (Wildman–Crippen MR) is 138 cm³/mol. The number of aliphatic carboxylic acids is 2. The number of carbonyl (C=O) groups excluding carboxylic acids is 10. The number of nitrogens with one attached hydrogen (secondary N) is 2.